The van der Waals surface area contributed by atoms with Gasteiger partial charge in [-0.25, -0.2) is 0 Å². The first-order chi connectivity index (χ1) is 5.41. The Morgan fingerprint density at radius 1 is 1.46 bits per heavy atom. The summed E-state index contributed by atoms with van der Waals surface area (Å²) in [6.45, 7) is 7.39. The van der Waals surface area contributed by atoms with Crippen LogP contribution in [-0.4, -0.2) is 29.9 Å². The van der Waals surface area contributed by atoms with Gasteiger partial charge in [0.15, 0.2) is 0 Å². The quantitative estimate of drug-likeness (QED) is 0.643. The summed E-state index contributed by atoms with van der Waals surface area (Å²) in [5.74, 6) is 0.218. The predicted molar refractivity (Wildman–Crippen MR) is 55.9 cm³/mol. The van der Waals surface area contributed by atoms with Crippen LogP contribution < -0.4 is 5.73 Å². The number of hydrogen-bond donors (Lipinski definition) is 1. The number of carbonyl (C=O) groups is 1. The molecule has 1 aliphatic heterocycles. The maximum absolute atomic E-state index is 11.7. The van der Waals surface area contributed by atoms with Crippen molar-refractivity contribution in [2.45, 2.75) is 33.2 Å². The monoisotopic (exact) mass is 206 g/mol. The lowest BCUT2D eigenvalue weighted by Gasteiger charge is -2.25. The van der Waals surface area contributed by atoms with Gasteiger partial charge in [-0.15, -0.1) is 12.4 Å². The van der Waals surface area contributed by atoms with Crippen LogP contribution in [0.2, 0.25) is 0 Å². The van der Waals surface area contributed by atoms with E-state index in [0.717, 1.165) is 19.5 Å². The SMILES string of the molecule is CC(C)(C)C(=O)N1CC[C@@H](N)C1.Cl. The van der Waals surface area contributed by atoms with Crippen LogP contribution in [0.15, 0.2) is 0 Å². The van der Waals surface area contributed by atoms with Crippen molar-refractivity contribution in [3.63, 3.8) is 0 Å². The molecule has 0 radical (unpaired) electrons. The number of carbonyl (C=O) groups excluding carboxylic acids is 1. The highest BCUT2D eigenvalue weighted by atomic mass is 35.5. The summed E-state index contributed by atoms with van der Waals surface area (Å²) >= 11 is 0. The number of amides is 1. The normalized spacial score (nSPS) is 22.8. The molecule has 0 aromatic carbocycles. The summed E-state index contributed by atoms with van der Waals surface area (Å²) < 4.78 is 0. The Kier molecular flexibility index (Phi) is 4.20. The molecule has 1 aliphatic rings. The first kappa shape index (κ1) is 12.7. The van der Waals surface area contributed by atoms with Crippen molar-refractivity contribution >= 4 is 18.3 Å². The Morgan fingerprint density at radius 2 is 2.00 bits per heavy atom. The lowest BCUT2D eigenvalue weighted by Crippen LogP contribution is -2.39. The fourth-order valence-corrected chi connectivity index (χ4v) is 1.45. The fraction of sp³-hybridized carbons (Fsp3) is 0.889. The number of likely N-dealkylation sites (tertiary alicyclic amines) is 1. The average molecular weight is 207 g/mol. The smallest absolute Gasteiger partial charge is 0.228 e. The molecule has 3 nitrogen and oxygen atoms in total. The van der Waals surface area contributed by atoms with Crippen LogP contribution in [0.5, 0.6) is 0 Å². The summed E-state index contributed by atoms with van der Waals surface area (Å²) in [5, 5.41) is 0. The second-order valence-corrected chi connectivity index (χ2v) is 4.55. The molecule has 0 spiro atoms. The highest BCUT2D eigenvalue weighted by Crippen LogP contribution is 2.20. The van der Waals surface area contributed by atoms with E-state index in [1.807, 2.05) is 25.7 Å². The summed E-state index contributed by atoms with van der Waals surface area (Å²) in [5.41, 5.74) is 5.45. The molecule has 0 aliphatic carbocycles. The van der Waals surface area contributed by atoms with E-state index in [2.05, 4.69) is 0 Å². The van der Waals surface area contributed by atoms with E-state index in [1.54, 1.807) is 0 Å². The fourth-order valence-electron chi connectivity index (χ4n) is 1.45. The third-order valence-electron chi connectivity index (χ3n) is 2.15. The zero-order valence-electron chi connectivity index (χ0n) is 8.54. The molecule has 4 heteroatoms. The summed E-state index contributed by atoms with van der Waals surface area (Å²) in [4.78, 5) is 13.5. The molecule has 78 valence electrons. The van der Waals surface area contributed by atoms with Gasteiger partial charge in [-0.1, -0.05) is 20.8 Å². The standard InChI is InChI=1S/C9H18N2O.ClH/c1-9(2,3)8(12)11-5-4-7(10)6-11;/h7H,4-6,10H2,1-3H3;1H/t7-;/m1./s1. The number of nitrogens with zero attached hydrogens (tertiary/aromatic N) is 1. The van der Waals surface area contributed by atoms with E-state index in [1.165, 1.54) is 0 Å². The van der Waals surface area contributed by atoms with Gasteiger partial charge in [0.05, 0.1) is 0 Å². The van der Waals surface area contributed by atoms with E-state index in [4.69, 9.17) is 5.73 Å². The van der Waals surface area contributed by atoms with Crippen LogP contribution in [0.25, 0.3) is 0 Å². The molecule has 0 aromatic heterocycles. The van der Waals surface area contributed by atoms with Gasteiger partial charge in [0.1, 0.15) is 0 Å². The number of nitrogens with two attached hydrogens (primary N) is 1. The molecule has 1 heterocycles. The van der Waals surface area contributed by atoms with Crippen molar-refractivity contribution in [2.75, 3.05) is 13.1 Å². The number of hydrogen-bond acceptors (Lipinski definition) is 2. The summed E-state index contributed by atoms with van der Waals surface area (Å²) in [6.07, 6.45) is 0.946. The van der Waals surface area contributed by atoms with Crippen LogP contribution in [0.1, 0.15) is 27.2 Å². The molecule has 0 unspecified atom stereocenters. The van der Waals surface area contributed by atoms with Gasteiger partial charge >= 0.3 is 0 Å². The van der Waals surface area contributed by atoms with E-state index in [9.17, 15) is 4.79 Å². The maximum atomic E-state index is 11.7. The van der Waals surface area contributed by atoms with Crippen LogP contribution in [0.4, 0.5) is 0 Å². The van der Waals surface area contributed by atoms with Gasteiger partial charge in [0.2, 0.25) is 5.91 Å². The Balaban J connectivity index is 0.00000144. The van der Waals surface area contributed by atoms with Crippen LogP contribution in [0.3, 0.4) is 0 Å². The van der Waals surface area contributed by atoms with Crippen molar-refractivity contribution in [1.29, 1.82) is 0 Å². The molecule has 2 N–H and O–H groups in total. The Labute approximate surface area is 86.1 Å². The number of rotatable bonds is 0. The summed E-state index contributed by atoms with van der Waals surface area (Å²) in [6, 6.07) is 0.191. The minimum atomic E-state index is -0.260. The largest absolute Gasteiger partial charge is 0.341 e. The first-order valence-electron chi connectivity index (χ1n) is 4.46. The Hall–Kier alpha value is -0.280. The Bertz CT molecular complexity index is 189. The zero-order chi connectivity index (χ0) is 9.35. The van der Waals surface area contributed by atoms with E-state index >= 15 is 0 Å². The van der Waals surface area contributed by atoms with Crippen molar-refractivity contribution in [3.05, 3.63) is 0 Å². The molecule has 13 heavy (non-hydrogen) atoms. The van der Waals surface area contributed by atoms with Gasteiger partial charge < -0.3 is 10.6 Å². The highest BCUT2D eigenvalue weighted by Gasteiger charge is 2.31. The molecule has 0 bridgehead atoms. The molecule has 0 saturated carbocycles. The summed E-state index contributed by atoms with van der Waals surface area (Å²) in [7, 11) is 0. The number of halogens is 1. The van der Waals surface area contributed by atoms with Crippen molar-refractivity contribution in [3.8, 4) is 0 Å². The van der Waals surface area contributed by atoms with Crippen molar-refractivity contribution in [1.82, 2.24) is 4.90 Å². The predicted octanol–water partition coefficient (Wildman–Crippen LogP) is 1.01. The lowest BCUT2D eigenvalue weighted by molar-refractivity contribution is -0.138. The molecule has 1 rings (SSSR count). The van der Waals surface area contributed by atoms with E-state index in [-0.39, 0.29) is 29.8 Å². The molecule has 0 aromatic rings. The van der Waals surface area contributed by atoms with Gasteiger partial charge in [-0.2, -0.15) is 0 Å². The minimum Gasteiger partial charge on any atom is -0.341 e. The maximum Gasteiger partial charge on any atom is 0.228 e. The van der Waals surface area contributed by atoms with Gasteiger partial charge in [0, 0.05) is 24.5 Å². The topological polar surface area (TPSA) is 46.3 Å². The van der Waals surface area contributed by atoms with Crippen molar-refractivity contribution < 1.29 is 4.79 Å². The molecular weight excluding hydrogens is 188 g/mol. The van der Waals surface area contributed by atoms with Gasteiger partial charge in [-0.05, 0) is 6.42 Å². The highest BCUT2D eigenvalue weighted by molar-refractivity contribution is 5.85. The third-order valence-corrected chi connectivity index (χ3v) is 2.15. The molecule has 1 atom stereocenters. The second kappa shape index (κ2) is 4.29. The molecule has 1 saturated heterocycles. The molecular formula is C9H19ClN2O. The van der Waals surface area contributed by atoms with E-state index < -0.39 is 0 Å². The van der Waals surface area contributed by atoms with Gasteiger partial charge in [0.25, 0.3) is 0 Å². The van der Waals surface area contributed by atoms with Crippen LogP contribution >= 0.6 is 12.4 Å². The zero-order valence-corrected chi connectivity index (χ0v) is 9.36. The van der Waals surface area contributed by atoms with Crippen molar-refractivity contribution in [2.24, 2.45) is 11.1 Å². The molecule has 1 fully saturated rings. The minimum absolute atomic E-state index is 0. The average Bonchev–Trinajstić information content (AvgIpc) is 2.32. The third kappa shape index (κ3) is 3.16. The van der Waals surface area contributed by atoms with E-state index in [0.29, 0.717) is 0 Å². The Morgan fingerprint density at radius 3 is 2.31 bits per heavy atom. The van der Waals surface area contributed by atoms with Gasteiger partial charge in [-0.3, -0.25) is 4.79 Å². The first-order valence-corrected chi connectivity index (χ1v) is 4.46. The lowest BCUT2D eigenvalue weighted by atomic mass is 9.95. The second-order valence-electron chi connectivity index (χ2n) is 4.55. The van der Waals surface area contributed by atoms with Crippen LogP contribution in [0, 0.1) is 5.41 Å². The van der Waals surface area contributed by atoms with Crippen LogP contribution in [-0.2, 0) is 4.79 Å². The molecule has 1 amide bonds.